The predicted molar refractivity (Wildman–Crippen MR) is 119 cm³/mol. The van der Waals surface area contributed by atoms with Crippen LogP contribution < -0.4 is 10.1 Å². The Morgan fingerprint density at radius 2 is 1.61 bits per heavy atom. The van der Waals surface area contributed by atoms with Crippen LogP contribution in [0.15, 0.2) is 77.7 Å². The summed E-state index contributed by atoms with van der Waals surface area (Å²) in [7, 11) is -3.94. The van der Waals surface area contributed by atoms with E-state index in [9.17, 15) is 22.0 Å². The maximum Gasteiger partial charge on any atom is 0.245 e. The molecule has 6 nitrogen and oxygen atoms in total. The molecule has 3 aromatic rings. The summed E-state index contributed by atoms with van der Waals surface area (Å²) in [6, 6.07) is 17.7. The molecule has 0 radical (unpaired) electrons. The normalized spacial score (nSPS) is 15.2. The van der Waals surface area contributed by atoms with E-state index in [1.807, 2.05) is 0 Å². The molecule has 0 bridgehead atoms. The lowest BCUT2D eigenvalue weighted by atomic mass is 9.97. The van der Waals surface area contributed by atoms with Gasteiger partial charge in [-0.3, -0.25) is 4.79 Å². The molecule has 0 aliphatic carbocycles. The topological polar surface area (TPSA) is 75.7 Å². The van der Waals surface area contributed by atoms with E-state index in [0.29, 0.717) is 30.0 Å². The van der Waals surface area contributed by atoms with E-state index in [4.69, 9.17) is 4.74 Å². The Morgan fingerprint density at radius 1 is 0.909 bits per heavy atom. The number of carbonyl (C=O) groups is 1. The van der Waals surface area contributed by atoms with Crippen LogP contribution in [0.4, 0.5) is 14.5 Å². The fourth-order valence-electron chi connectivity index (χ4n) is 3.67. The number of rotatable bonds is 6. The van der Waals surface area contributed by atoms with Crippen molar-refractivity contribution >= 4 is 21.6 Å². The summed E-state index contributed by atoms with van der Waals surface area (Å²) in [4.78, 5) is 12.3. The van der Waals surface area contributed by atoms with Crippen molar-refractivity contribution < 1.29 is 26.7 Å². The second-order valence-corrected chi connectivity index (χ2v) is 9.59. The van der Waals surface area contributed by atoms with Crippen LogP contribution in [0.5, 0.6) is 11.5 Å². The van der Waals surface area contributed by atoms with Gasteiger partial charge >= 0.3 is 0 Å². The molecule has 1 aliphatic rings. The highest BCUT2D eigenvalue weighted by molar-refractivity contribution is 7.89. The van der Waals surface area contributed by atoms with Crippen molar-refractivity contribution in [3.63, 3.8) is 0 Å². The van der Waals surface area contributed by atoms with E-state index in [1.165, 1.54) is 34.6 Å². The summed E-state index contributed by atoms with van der Waals surface area (Å²) in [6.45, 7) is 0.268. The van der Waals surface area contributed by atoms with Gasteiger partial charge in [-0.25, -0.2) is 17.2 Å². The highest BCUT2D eigenvalue weighted by Gasteiger charge is 2.33. The van der Waals surface area contributed by atoms with E-state index in [-0.39, 0.29) is 29.8 Å². The molecule has 0 saturated carbocycles. The maximum absolute atomic E-state index is 14.0. The van der Waals surface area contributed by atoms with Crippen LogP contribution in [0, 0.1) is 17.6 Å². The summed E-state index contributed by atoms with van der Waals surface area (Å²) in [5.41, 5.74) is 0.563. The zero-order valence-corrected chi connectivity index (χ0v) is 18.4. The van der Waals surface area contributed by atoms with Crippen LogP contribution in [0.3, 0.4) is 0 Å². The second kappa shape index (κ2) is 9.68. The van der Waals surface area contributed by atoms with Crippen molar-refractivity contribution in [1.82, 2.24) is 4.31 Å². The summed E-state index contributed by atoms with van der Waals surface area (Å²) in [6.07, 6.45) is 0.667. The van der Waals surface area contributed by atoms with Gasteiger partial charge in [-0.1, -0.05) is 18.2 Å². The van der Waals surface area contributed by atoms with Crippen LogP contribution in [-0.4, -0.2) is 31.7 Å². The number of hydrogen-bond donors (Lipinski definition) is 1. The molecule has 0 aromatic heterocycles. The molecule has 172 valence electrons. The lowest BCUT2D eigenvalue weighted by Crippen LogP contribution is -2.41. The number of piperidine rings is 1. The summed E-state index contributed by atoms with van der Waals surface area (Å²) < 4.78 is 59.4. The number of ether oxygens (including phenoxy) is 1. The Bertz CT molecular complexity index is 1240. The molecule has 0 unspecified atom stereocenters. The molecule has 1 saturated heterocycles. The largest absolute Gasteiger partial charge is 0.457 e. The predicted octanol–water partition coefficient (Wildman–Crippen LogP) is 4.80. The van der Waals surface area contributed by atoms with E-state index in [0.717, 1.165) is 6.07 Å². The minimum absolute atomic E-state index is 0.134. The van der Waals surface area contributed by atoms with Crippen molar-refractivity contribution in [3.05, 3.63) is 84.4 Å². The van der Waals surface area contributed by atoms with Crippen LogP contribution >= 0.6 is 0 Å². The molecular formula is C24H22F2N2O4S. The average Bonchev–Trinajstić information content (AvgIpc) is 2.80. The number of carbonyl (C=O) groups excluding carboxylic acids is 1. The van der Waals surface area contributed by atoms with Crippen LogP contribution in [0.2, 0.25) is 0 Å². The Balaban J connectivity index is 1.32. The standard InChI is InChI=1S/C24H22F2N2O4S/c25-18-4-3-5-21(16-18)32-20-10-8-19(9-11-20)27-24(29)17-12-14-28(15-13-17)33(30,31)23-7-2-1-6-22(23)26/h1-11,16-17H,12-15H2,(H,27,29). The van der Waals surface area contributed by atoms with Gasteiger partial charge in [-0.2, -0.15) is 4.31 Å². The molecule has 9 heteroatoms. The SMILES string of the molecule is O=C(Nc1ccc(Oc2cccc(F)c2)cc1)C1CCN(S(=O)(=O)c2ccccc2F)CC1. The molecule has 3 aromatic carbocycles. The van der Waals surface area contributed by atoms with Crippen molar-refractivity contribution in [2.75, 3.05) is 18.4 Å². The highest BCUT2D eigenvalue weighted by Crippen LogP contribution is 2.27. The first-order valence-corrected chi connectivity index (χ1v) is 11.9. The quantitative estimate of drug-likeness (QED) is 0.559. The zero-order valence-electron chi connectivity index (χ0n) is 17.6. The molecule has 0 atom stereocenters. The summed E-state index contributed by atoms with van der Waals surface area (Å²) in [5.74, 6) is -0.905. The second-order valence-electron chi connectivity index (χ2n) is 7.68. The molecule has 1 aliphatic heterocycles. The molecule has 33 heavy (non-hydrogen) atoms. The molecule has 1 fully saturated rings. The van der Waals surface area contributed by atoms with E-state index in [2.05, 4.69) is 5.32 Å². The number of hydrogen-bond acceptors (Lipinski definition) is 4. The van der Waals surface area contributed by atoms with E-state index < -0.39 is 21.7 Å². The number of nitrogens with one attached hydrogen (secondary N) is 1. The van der Waals surface area contributed by atoms with Gasteiger partial charge < -0.3 is 10.1 Å². The Hall–Kier alpha value is -3.30. The third-order valence-electron chi connectivity index (χ3n) is 5.43. The Labute approximate surface area is 190 Å². The van der Waals surface area contributed by atoms with Gasteiger partial charge in [0, 0.05) is 30.8 Å². The first-order valence-electron chi connectivity index (χ1n) is 10.4. The number of halogens is 2. The van der Waals surface area contributed by atoms with Gasteiger partial charge in [0.1, 0.15) is 28.0 Å². The number of benzene rings is 3. The van der Waals surface area contributed by atoms with Gasteiger partial charge in [0.05, 0.1) is 0 Å². The molecule has 0 spiro atoms. The van der Waals surface area contributed by atoms with Gasteiger partial charge in [0.2, 0.25) is 15.9 Å². The third kappa shape index (κ3) is 5.37. The van der Waals surface area contributed by atoms with E-state index in [1.54, 1.807) is 36.4 Å². The maximum atomic E-state index is 14.0. The fraction of sp³-hybridized carbons (Fsp3) is 0.208. The summed E-state index contributed by atoms with van der Waals surface area (Å²) in [5, 5.41) is 2.82. The molecule has 4 rings (SSSR count). The van der Waals surface area contributed by atoms with Crippen LogP contribution in [-0.2, 0) is 14.8 Å². The van der Waals surface area contributed by atoms with Crippen LogP contribution in [0.25, 0.3) is 0 Å². The number of amides is 1. The number of anilines is 1. The van der Waals surface area contributed by atoms with Gasteiger partial charge in [-0.15, -0.1) is 0 Å². The number of sulfonamides is 1. The van der Waals surface area contributed by atoms with E-state index >= 15 is 0 Å². The lowest BCUT2D eigenvalue weighted by molar-refractivity contribution is -0.120. The smallest absolute Gasteiger partial charge is 0.245 e. The Kier molecular flexibility index (Phi) is 6.71. The third-order valence-corrected chi connectivity index (χ3v) is 7.36. The van der Waals surface area contributed by atoms with Gasteiger partial charge in [-0.05, 0) is 61.4 Å². The minimum Gasteiger partial charge on any atom is -0.457 e. The fourth-order valence-corrected chi connectivity index (χ4v) is 5.20. The lowest BCUT2D eigenvalue weighted by Gasteiger charge is -2.30. The molecule has 1 heterocycles. The first kappa shape index (κ1) is 22.9. The highest BCUT2D eigenvalue weighted by atomic mass is 32.2. The summed E-state index contributed by atoms with van der Waals surface area (Å²) >= 11 is 0. The van der Waals surface area contributed by atoms with Crippen molar-refractivity contribution in [3.8, 4) is 11.5 Å². The van der Waals surface area contributed by atoms with Crippen LogP contribution in [0.1, 0.15) is 12.8 Å². The minimum atomic E-state index is -3.94. The van der Waals surface area contributed by atoms with Gasteiger partial charge in [0.25, 0.3) is 0 Å². The Morgan fingerprint density at radius 3 is 2.27 bits per heavy atom. The molecule has 1 N–H and O–H groups in total. The molecular weight excluding hydrogens is 450 g/mol. The molecule has 1 amide bonds. The van der Waals surface area contributed by atoms with Crippen molar-refractivity contribution in [2.24, 2.45) is 5.92 Å². The number of nitrogens with zero attached hydrogens (tertiary/aromatic N) is 1. The van der Waals surface area contributed by atoms with Gasteiger partial charge in [0.15, 0.2) is 0 Å². The van der Waals surface area contributed by atoms with Crippen molar-refractivity contribution in [2.45, 2.75) is 17.7 Å². The monoisotopic (exact) mass is 472 g/mol. The average molecular weight is 473 g/mol. The first-order chi connectivity index (χ1) is 15.8. The van der Waals surface area contributed by atoms with Crippen molar-refractivity contribution in [1.29, 1.82) is 0 Å². The zero-order chi connectivity index (χ0) is 23.4.